The smallest absolute Gasteiger partial charge is 0.247 e. The lowest BCUT2D eigenvalue weighted by atomic mass is 10.1. The second-order valence-electron chi connectivity index (χ2n) is 7.17. The van der Waals surface area contributed by atoms with E-state index >= 15 is 0 Å². The summed E-state index contributed by atoms with van der Waals surface area (Å²) in [5.41, 5.74) is 4.25. The van der Waals surface area contributed by atoms with Crippen LogP contribution in [0.25, 0.3) is 11.5 Å². The Morgan fingerprint density at radius 3 is 2.46 bits per heavy atom. The molecule has 0 radical (unpaired) electrons. The maximum absolute atomic E-state index is 5.94. The Hall–Kier alpha value is -2.44. The van der Waals surface area contributed by atoms with Gasteiger partial charge in [0, 0.05) is 22.3 Å². The Morgan fingerprint density at radius 2 is 1.82 bits per heavy atom. The molecule has 1 aliphatic carbocycles. The maximum atomic E-state index is 5.94. The summed E-state index contributed by atoms with van der Waals surface area (Å²) >= 11 is 11.6. The first-order chi connectivity index (χ1) is 13.5. The molecule has 1 fully saturated rings. The molecule has 1 heterocycles. The molecule has 1 N–H and O–H groups in total. The number of benzene rings is 2. The van der Waals surface area contributed by atoms with Crippen LogP contribution >= 0.6 is 23.8 Å². The highest BCUT2D eigenvalue weighted by molar-refractivity contribution is 7.80. The number of hydrogen-bond acceptors (Lipinski definition) is 4. The third-order valence-electron chi connectivity index (χ3n) is 4.59. The molecule has 0 aliphatic heterocycles. The zero-order valence-corrected chi connectivity index (χ0v) is 17.3. The third-order valence-corrected chi connectivity index (χ3v) is 5.17. The maximum Gasteiger partial charge on any atom is 0.247 e. The summed E-state index contributed by atoms with van der Waals surface area (Å²) in [5, 5.41) is 13.1. The molecule has 7 heteroatoms. The van der Waals surface area contributed by atoms with Gasteiger partial charge in [-0.15, -0.1) is 10.2 Å². The second-order valence-corrected chi connectivity index (χ2v) is 8.00. The van der Waals surface area contributed by atoms with E-state index in [9.17, 15) is 0 Å². The largest absolute Gasteiger partial charge is 0.419 e. The van der Waals surface area contributed by atoms with Gasteiger partial charge in [0.15, 0.2) is 5.11 Å². The number of aryl methyl sites for hydroxylation is 2. The van der Waals surface area contributed by atoms with Gasteiger partial charge in [-0.25, -0.2) is 0 Å². The van der Waals surface area contributed by atoms with E-state index in [1.807, 2.05) is 12.1 Å². The molecule has 1 aliphatic rings. The molecule has 1 saturated carbocycles. The van der Waals surface area contributed by atoms with Gasteiger partial charge in [0.05, 0.1) is 6.54 Å². The molecule has 3 aromatic rings. The number of anilines is 1. The summed E-state index contributed by atoms with van der Waals surface area (Å²) in [6, 6.07) is 14.1. The van der Waals surface area contributed by atoms with E-state index in [-0.39, 0.29) is 0 Å². The Kier molecular flexibility index (Phi) is 5.33. The van der Waals surface area contributed by atoms with Gasteiger partial charge >= 0.3 is 0 Å². The van der Waals surface area contributed by atoms with Crippen LogP contribution in [0.3, 0.4) is 0 Å². The van der Waals surface area contributed by atoms with Crippen molar-refractivity contribution in [3.8, 4) is 11.5 Å². The second kappa shape index (κ2) is 7.89. The fourth-order valence-electron chi connectivity index (χ4n) is 3.17. The molecule has 144 valence electrons. The van der Waals surface area contributed by atoms with Crippen LogP contribution in [0.2, 0.25) is 5.02 Å². The van der Waals surface area contributed by atoms with Crippen LogP contribution < -0.4 is 5.32 Å². The summed E-state index contributed by atoms with van der Waals surface area (Å²) in [6.45, 7) is 4.65. The van der Waals surface area contributed by atoms with Gasteiger partial charge in [-0.3, -0.25) is 0 Å². The van der Waals surface area contributed by atoms with Crippen LogP contribution in [0.4, 0.5) is 5.69 Å². The highest BCUT2D eigenvalue weighted by atomic mass is 35.5. The van der Waals surface area contributed by atoms with Crippen molar-refractivity contribution in [3.63, 3.8) is 0 Å². The first-order valence-electron chi connectivity index (χ1n) is 9.22. The Morgan fingerprint density at radius 1 is 1.14 bits per heavy atom. The minimum atomic E-state index is 0.414. The molecule has 4 rings (SSSR count). The minimum absolute atomic E-state index is 0.414. The lowest BCUT2D eigenvalue weighted by Gasteiger charge is -2.24. The predicted molar refractivity (Wildman–Crippen MR) is 115 cm³/mol. The van der Waals surface area contributed by atoms with E-state index in [4.69, 9.17) is 28.2 Å². The number of rotatable bonds is 5. The fraction of sp³-hybridized carbons (Fsp3) is 0.286. The molecular formula is C21H21ClN4OS. The minimum Gasteiger partial charge on any atom is -0.419 e. The van der Waals surface area contributed by atoms with Crippen molar-refractivity contribution in [2.24, 2.45) is 0 Å². The molecule has 5 nitrogen and oxygen atoms in total. The highest BCUT2D eigenvalue weighted by Gasteiger charge is 2.32. The fourth-order valence-corrected chi connectivity index (χ4v) is 3.62. The first-order valence-corrected chi connectivity index (χ1v) is 10.0. The van der Waals surface area contributed by atoms with Gasteiger partial charge in [0.25, 0.3) is 0 Å². The van der Waals surface area contributed by atoms with Crippen LogP contribution in [-0.2, 0) is 6.54 Å². The summed E-state index contributed by atoms with van der Waals surface area (Å²) in [7, 11) is 0. The van der Waals surface area contributed by atoms with Crippen LogP contribution in [0, 0.1) is 13.8 Å². The molecule has 0 saturated heterocycles. The molecule has 2 aromatic carbocycles. The average Bonchev–Trinajstić information content (AvgIpc) is 3.37. The summed E-state index contributed by atoms with van der Waals surface area (Å²) in [4.78, 5) is 2.13. The van der Waals surface area contributed by atoms with Crippen LogP contribution in [0.5, 0.6) is 0 Å². The van der Waals surface area contributed by atoms with Crippen molar-refractivity contribution >= 4 is 34.6 Å². The van der Waals surface area contributed by atoms with Crippen molar-refractivity contribution in [2.45, 2.75) is 39.3 Å². The van der Waals surface area contributed by atoms with Crippen LogP contribution in [-0.4, -0.2) is 26.3 Å². The third kappa shape index (κ3) is 4.51. The molecule has 28 heavy (non-hydrogen) atoms. The SMILES string of the molecule is Cc1cc(C)cc(NC(=S)N(Cc2nnc(-c3ccc(Cl)cc3)o2)C2CC2)c1. The lowest BCUT2D eigenvalue weighted by molar-refractivity contribution is 0.351. The lowest BCUT2D eigenvalue weighted by Crippen LogP contribution is -2.36. The van der Waals surface area contributed by atoms with Crippen molar-refractivity contribution < 1.29 is 4.42 Å². The molecule has 1 aromatic heterocycles. The topological polar surface area (TPSA) is 54.2 Å². The summed E-state index contributed by atoms with van der Waals surface area (Å²) in [6.07, 6.45) is 2.24. The number of thiocarbonyl (C=S) groups is 1. The highest BCUT2D eigenvalue weighted by Crippen LogP contribution is 2.30. The van der Waals surface area contributed by atoms with E-state index in [1.165, 1.54) is 11.1 Å². The summed E-state index contributed by atoms with van der Waals surface area (Å²) < 4.78 is 5.86. The molecule has 0 unspecified atom stereocenters. The monoisotopic (exact) mass is 412 g/mol. The van der Waals surface area contributed by atoms with Gasteiger partial charge in [-0.2, -0.15) is 0 Å². The first kappa shape index (κ1) is 18.9. The Balaban J connectivity index is 1.48. The van der Waals surface area contributed by atoms with Gasteiger partial charge in [0.1, 0.15) is 0 Å². The Bertz CT molecular complexity index is 978. The molecule has 0 atom stereocenters. The van der Waals surface area contributed by atoms with Gasteiger partial charge in [-0.05, 0) is 86.4 Å². The van der Waals surface area contributed by atoms with E-state index in [1.54, 1.807) is 12.1 Å². The number of nitrogens with zero attached hydrogens (tertiary/aromatic N) is 3. The molecule has 0 spiro atoms. The number of hydrogen-bond donors (Lipinski definition) is 1. The van der Waals surface area contributed by atoms with Crippen molar-refractivity contribution in [1.82, 2.24) is 15.1 Å². The number of halogens is 1. The average molecular weight is 413 g/mol. The molecular weight excluding hydrogens is 392 g/mol. The van der Waals surface area contributed by atoms with Crippen molar-refractivity contribution in [2.75, 3.05) is 5.32 Å². The quantitative estimate of drug-likeness (QED) is 0.568. The zero-order chi connectivity index (χ0) is 19.7. The van der Waals surface area contributed by atoms with Crippen molar-refractivity contribution in [3.05, 3.63) is 64.5 Å². The van der Waals surface area contributed by atoms with E-state index in [0.717, 1.165) is 24.1 Å². The molecule has 0 bridgehead atoms. The Labute approximate surface area is 174 Å². The van der Waals surface area contributed by atoms with Crippen molar-refractivity contribution in [1.29, 1.82) is 0 Å². The predicted octanol–water partition coefficient (Wildman–Crippen LogP) is 5.37. The zero-order valence-electron chi connectivity index (χ0n) is 15.8. The van der Waals surface area contributed by atoms with Gasteiger partial charge in [-0.1, -0.05) is 17.7 Å². The van der Waals surface area contributed by atoms with E-state index in [0.29, 0.717) is 34.5 Å². The van der Waals surface area contributed by atoms with Gasteiger partial charge in [0.2, 0.25) is 11.8 Å². The number of aromatic nitrogens is 2. The van der Waals surface area contributed by atoms with Crippen LogP contribution in [0.1, 0.15) is 29.9 Å². The van der Waals surface area contributed by atoms with Gasteiger partial charge < -0.3 is 14.6 Å². The summed E-state index contributed by atoms with van der Waals surface area (Å²) in [5.74, 6) is 1.03. The van der Waals surface area contributed by atoms with E-state index in [2.05, 4.69) is 52.5 Å². The molecule has 0 amide bonds. The standard InChI is InChI=1S/C21H21ClN4OS/c1-13-9-14(2)11-17(10-13)23-21(28)26(18-7-8-18)12-19-24-25-20(27-19)15-3-5-16(22)6-4-15/h3-6,9-11,18H,7-8,12H2,1-2H3,(H,23,28). The normalized spacial score (nSPS) is 13.4. The van der Waals surface area contributed by atoms with E-state index < -0.39 is 0 Å². The van der Waals surface area contributed by atoms with Crippen LogP contribution in [0.15, 0.2) is 46.9 Å². The number of nitrogens with one attached hydrogen (secondary N) is 1.